The van der Waals surface area contributed by atoms with Crippen LogP contribution in [0.25, 0.3) is 0 Å². The number of nitrogens with two attached hydrogens (primary N) is 1. The van der Waals surface area contributed by atoms with Crippen molar-refractivity contribution in [3.63, 3.8) is 0 Å². The summed E-state index contributed by atoms with van der Waals surface area (Å²) < 4.78 is 0. The van der Waals surface area contributed by atoms with E-state index >= 15 is 0 Å². The summed E-state index contributed by atoms with van der Waals surface area (Å²) in [7, 11) is 1.61. The first-order valence-corrected chi connectivity index (χ1v) is 3.88. The number of nitrogens with one attached hydrogen (secondary N) is 2. The van der Waals surface area contributed by atoms with Gasteiger partial charge in [0.25, 0.3) is 0 Å². The Morgan fingerprint density at radius 3 is 2.64 bits per heavy atom. The highest BCUT2D eigenvalue weighted by atomic mass is 16.2. The monoisotopic (exact) mass is 157 g/mol. The average Bonchev–Trinajstić information content (AvgIpc) is 2.81. The fraction of sp³-hybridized carbons (Fsp3) is 0.857. The van der Waals surface area contributed by atoms with Crippen molar-refractivity contribution in [3.8, 4) is 0 Å². The van der Waals surface area contributed by atoms with Crippen LogP contribution < -0.4 is 16.4 Å². The molecule has 0 aliphatic heterocycles. The number of rotatable bonds is 3. The number of urea groups is 1. The summed E-state index contributed by atoms with van der Waals surface area (Å²) in [5.41, 5.74) is 5.75. The molecule has 0 heterocycles. The minimum Gasteiger partial charge on any atom is -0.341 e. The smallest absolute Gasteiger partial charge is 0.314 e. The van der Waals surface area contributed by atoms with Crippen LogP contribution in [0.15, 0.2) is 0 Å². The highest BCUT2D eigenvalue weighted by Crippen LogP contribution is 2.43. The SMILES string of the molecule is CNC(=O)NCC1(CN)CC1. The van der Waals surface area contributed by atoms with Crippen LogP contribution in [0.2, 0.25) is 0 Å². The standard InChI is InChI=1S/C7H15N3O/c1-9-6(11)10-5-7(4-8)2-3-7/h2-5,8H2,1H3,(H2,9,10,11). The molecule has 0 aromatic rings. The van der Waals surface area contributed by atoms with Crippen molar-refractivity contribution in [2.75, 3.05) is 20.1 Å². The third-order valence-corrected chi connectivity index (χ3v) is 2.24. The Hall–Kier alpha value is -0.770. The van der Waals surface area contributed by atoms with Crippen molar-refractivity contribution in [2.45, 2.75) is 12.8 Å². The van der Waals surface area contributed by atoms with Gasteiger partial charge in [0, 0.05) is 19.0 Å². The Bertz CT molecular complexity index is 154. The Kier molecular flexibility index (Phi) is 2.34. The Balaban J connectivity index is 2.16. The number of carbonyl (C=O) groups excluding carboxylic acids is 1. The van der Waals surface area contributed by atoms with Crippen LogP contribution in [-0.4, -0.2) is 26.2 Å². The van der Waals surface area contributed by atoms with Gasteiger partial charge in [0.2, 0.25) is 0 Å². The van der Waals surface area contributed by atoms with Gasteiger partial charge in [-0.2, -0.15) is 0 Å². The lowest BCUT2D eigenvalue weighted by atomic mass is 10.1. The Morgan fingerprint density at radius 1 is 1.64 bits per heavy atom. The van der Waals surface area contributed by atoms with E-state index in [1.807, 2.05) is 0 Å². The van der Waals surface area contributed by atoms with Gasteiger partial charge in [-0.05, 0) is 19.4 Å². The normalized spacial score (nSPS) is 19.1. The molecule has 4 heteroatoms. The molecule has 1 aliphatic rings. The topological polar surface area (TPSA) is 67.2 Å². The van der Waals surface area contributed by atoms with Gasteiger partial charge in [0.05, 0.1) is 0 Å². The van der Waals surface area contributed by atoms with Crippen LogP contribution in [0, 0.1) is 5.41 Å². The van der Waals surface area contributed by atoms with E-state index in [4.69, 9.17) is 5.73 Å². The van der Waals surface area contributed by atoms with Crippen molar-refractivity contribution in [1.82, 2.24) is 10.6 Å². The van der Waals surface area contributed by atoms with Crippen molar-refractivity contribution in [1.29, 1.82) is 0 Å². The maximum atomic E-state index is 10.7. The molecule has 0 aromatic carbocycles. The summed E-state index contributed by atoms with van der Waals surface area (Å²) in [6, 6.07) is -0.121. The second-order valence-corrected chi connectivity index (χ2v) is 3.14. The number of amides is 2. The van der Waals surface area contributed by atoms with Crippen LogP contribution >= 0.6 is 0 Å². The molecule has 1 aliphatic carbocycles. The van der Waals surface area contributed by atoms with E-state index in [1.54, 1.807) is 7.05 Å². The molecule has 64 valence electrons. The molecule has 1 saturated carbocycles. The molecule has 0 radical (unpaired) electrons. The maximum Gasteiger partial charge on any atom is 0.314 e. The third kappa shape index (κ3) is 2.08. The summed E-state index contributed by atoms with van der Waals surface area (Å²) in [6.07, 6.45) is 2.29. The predicted molar refractivity (Wildman–Crippen MR) is 43.2 cm³/mol. The molecule has 11 heavy (non-hydrogen) atoms. The summed E-state index contributed by atoms with van der Waals surface area (Å²) in [6.45, 7) is 1.39. The lowest BCUT2D eigenvalue weighted by Gasteiger charge is -2.12. The van der Waals surface area contributed by atoms with Crippen LogP contribution in [0.4, 0.5) is 4.79 Å². The number of carbonyl (C=O) groups is 1. The summed E-state index contributed by atoms with van der Waals surface area (Å²) >= 11 is 0. The van der Waals surface area contributed by atoms with Crippen LogP contribution in [-0.2, 0) is 0 Å². The summed E-state index contributed by atoms with van der Waals surface area (Å²) in [4.78, 5) is 10.7. The van der Waals surface area contributed by atoms with Gasteiger partial charge >= 0.3 is 6.03 Å². The van der Waals surface area contributed by atoms with Gasteiger partial charge in [-0.25, -0.2) is 4.79 Å². The molecule has 1 fully saturated rings. The fourth-order valence-electron chi connectivity index (χ4n) is 0.986. The molecule has 0 saturated heterocycles. The van der Waals surface area contributed by atoms with Gasteiger partial charge in [0.15, 0.2) is 0 Å². The Morgan fingerprint density at radius 2 is 2.27 bits per heavy atom. The first kappa shape index (κ1) is 8.33. The van der Waals surface area contributed by atoms with E-state index in [9.17, 15) is 4.79 Å². The van der Waals surface area contributed by atoms with E-state index < -0.39 is 0 Å². The number of hydrogen-bond donors (Lipinski definition) is 3. The lowest BCUT2D eigenvalue weighted by Crippen LogP contribution is -2.38. The molecular formula is C7H15N3O. The Labute approximate surface area is 66.5 Å². The highest BCUT2D eigenvalue weighted by molar-refractivity contribution is 5.73. The lowest BCUT2D eigenvalue weighted by molar-refractivity contribution is 0.240. The highest BCUT2D eigenvalue weighted by Gasteiger charge is 2.41. The molecule has 4 nitrogen and oxygen atoms in total. The first-order chi connectivity index (χ1) is 5.22. The fourth-order valence-corrected chi connectivity index (χ4v) is 0.986. The van der Waals surface area contributed by atoms with Crippen molar-refractivity contribution < 1.29 is 4.79 Å². The van der Waals surface area contributed by atoms with Crippen molar-refractivity contribution >= 4 is 6.03 Å². The maximum absolute atomic E-state index is 10.7. The van der Waals surface area contributed by atoms with E-state index in [0.29, 0.717) is 13.1 Å². The van der Waals surface area contributed by atoms with Gasteiger partial charge in [-0.15, -0.1) is 0 Å². The van der Waals surface area contributed by atoms with Gasteiger partial charge in [-0.3, -0.25) is 0 Å². The molecule has 0 spiro atoms. The zero-order valence-electron chi connectivity index (χ0n) is 6.81. The van der Waals surface area contributed by atoms with Gasteiger partial charge < -0.3 is 16.4 Å². The van der Waals surface area contributed by atoms with E-state index in [0.717, 1.165) is 12.8 Å². The zero-order valence-corrected chi connectivity index (χ0v) is 6.81. The molecule has 1 rings (SSSR count). The van der Waals surface area contributed by atoms with Crippen LogP contribution in [0.1, 0.15) is 12.8 Å². The molecule has 0 bridgehead atoms. The molecule has 2 amide bonds. The largest absolute Gasteiger partial charge is 0.341 e. The van der Waals surface area contributed by atoms with Crippen molar-refractivity contribution in [3.05, 3.63) is 0 Å². The van der Waals surface area contributed by atoms with Gasteiger partial charge in [0.1, 0.15) is 0 Å². The molecule has 0 aromatic heterocycles. The third-order valence-electron chi connectivity index (χ3n) is 2.24. The summed E-state index contributed by atoms with van der Waals surface area (Å²) in [5, 5.41) is 5.25. The predicted octanol–water partition coefficient (Wildman–Crippen LogP) is -0.346. The van der Waals surface area contributed by atoms with E-state index in [-0.39, 0.29) is 11.4 Å². The zero-order chi connectivity index (χ0) is 8.32. The van der Waals surface area contributed by atoms with Crippen LogP contribution in [0.5, 0.6) is 0 Å². The summed E-state index contributed by atoms with van der Waals surface area (Å²) in [5.74, 6) is 0. The molecule has 0 unspecified atom stereocenters. The quantitative estimate of drug-likeness (QED) is 0.524. The van der Waals surface area contributed by atoms with Gasteiger partial charge in [-0.1, -0.05) is 0 Å². The molecule has 0 atom stereocenters. The second kappa shape index (κ2) is 3.09. The van der Waals surface area contributed by atoms with E-state index in [2.05, 4.69) is 10.6 Å². The minimum absolute atomic E-state index is 0.121. The number of hydrogen-bond acceptors (Lipinski definition) is 2. The molecule has 4 N–H and O–H groups in total. The van der Waals surface area contributed by atoms with E-state index in [1.165, 1.54) is 0 Å². The average molecular weight is 157 g/mol. The second-order valence-electron chi connectivity index (χ2n) is 3.14. The molecular weight excluding hydrogens is 142 g/mol. The van der Waals surface area contributed by atoms with Crippen molar-refractivity contribution in [2.24, 2.45) is 11.1 Å². The van der Waals surface area contributed by atoms with Crippen LogP contribution in [0.3, 0.4) is 0 Å². The minimum atomic E-state index is -0.121. The first-order valence-electron chi connectivity index (χ1n) is 3.88.